The Hall–Kier alpha value is -3.43. The van der Waals surface area contributed by atoms with E-state index in [0.29, 0.717) is 28.3 Å². The van der Waals surface area contributed by atoms with Gasteiger partial charge in [0, 0.05) is 22.8 Å². The van der Waals surface area contributed by atoms with E-state index < -0.39 is 30.6 Å². The molecule has 0 aliphatic carbocycles. The molecule has 0 atom stereocenters. The highest BCUT2D eigenvalue weighted by atomic mass is 31.2. The van der Waals surface area contributed by atoms with Crippen LogP contribution in [0.2, 0.25) is 0 Å². The van der Waals surface area contributed by atoms with Gasteiger partial charge < -0.3 is 15.2 Å². The lowest BCUT2D eigenvalue weighted by Gasteiger charge is -2.18. The van der Waals surface area contributed by atoms with Crippen molar-refractivity contribution in [1.82, 2.24) is 15.4 Å². The third-order valence-electron chi connectivity index (χ3n) is 4.76. The van der Waals surface area contributed by atoms with Crippen molar-refractivity contribution >= 4 is 41.5 Å². The molecule has 0 aliphatic heterocycles. The summed E-state index contributed by atoms with van der Waals surface area (Å²) in [5.41, 5.74) is 2.85. The molecule has 0 radical (unpaired) electrons. The van der Waals surface area contributed by atoms with Crippen molar-refractivity contribution in [3.8, 4) is 0 Å². The molecule has 12 heteroatoms. The third kappa shape index (κ3) is 5.92. The van der Waals surface area contributed by atoms with E-state index in [1.54, 1.807) is 37.3 Å². The summed E-state index contributed by atoms with van der Waals surface area (Å²) in [5.74, 6) is -1.03. The van der Waals surface area contributed by atoms with Gasteiger partial charge in [-0.25, -0.2) is 10.5 Å². The number of nitrogens with zero attached hydrogens (tertiary/aromatic N) is 2. The number of hydroxylamine groups is 1. The molecule has 0 aliphatic rings. The van der Waals surface area contributed by atoms with E-state index in [9.17, 15) is 22.5 Å². The van der Waals surface area contributed by atoms with Crippen LogP contribution >= 0.6 is 7.14 Å². The number of aryl methyl sites for hydroxylation is 1. The van der Waals surface area contributed by atoms with E-state index in [1.807, 2.05) is 0 Å². The molecular weight excluding hydrogens is 470 g/mol. The average molecular weight is 493 g/mol. The number of carbonyl (C=O) groups is 1. The smallest absolute Gasteiger partial charge is 0.339 e. The number of hydrogen-bond donors (Lipinski definition) is 3. The zero-order valence-electron chi connectivity index (χ0n) is 18.8. The van der Waals surface area contributed by atoms with E-state index in [1.165, 1.54) is 32.6 Å². The second kappa shape index (κ2) is 9.82. The van der Waals surface area contributed by atoms with Crippen LogP contribution in [0, 0.1) is 6.92 Å². The fraction of sp³-hybridized carbons (Fsp3) is 0.227. The minimum absolute atomic E-state index is 0.0960. The molecule has 0 spiro atoms. The summed E-state index contributed by atoms with van der Waals surface area (Å²) < 4.78 is 53.6. The number of nitrogens with one attached hydrogen (secondary N) is 3. The number of para-hydroxylation sites is 1. The Morgan fingerprint density at radius 1 is 1.06 bits per heavy atom. The number of amides is 1. The quantitative estimate of drug-likeness (QED) is 0.320. The van der Waals surface area contributed by atoms with Crippen LogP contribution in [0.15, 0.2) is 48.7 Å². The van der Waals surface area contributed by atoms with Gasteiger partial charge in [0.15, 0.2) is 0 Å². The summed E-state index contributed by atoms with van der Waals surface area (Å²) >= 11 is 0. The van der Waals surface area contributed by atoms with E-state index in [2.05, 4.69) is 30.9 Å². The molecular formula is C22H23F3N5O3P. The minimum atomic E-state index is -4.72. The van der Waals surface area contributed by atoms with E-state index >= 15 is 0 Å². The molecule has 180 valence electrons. The Labute approximate surface area is 194 Å². The highest BCUT2D eigenvalue weighted by molar-refractivity contribution is 7.70. The Balaban J connectivity index is 1.98. The molecule has 3 aromatic rings. The highest BCUT2D eigenvalue weighted by Crippen LogP contribution is 2.40. The van der Waals surface area contributed by atoms with Gasteiger partial charge in [0.2, 0.25) is 5.95 Å². The van der Waals surface area contributed by atoms with Gasteiger partial charge in [-0.3, -0.25) is 9.63 Å². The summed E-state index contributed by atoms with van der Waals surface area (Å²) in [6.07, 6.45) is -4.04. The number of anilines is 4. The first-order chi connectivity index (χ1) is 15.9. The standard InChI is InChI=1S/C22H23F3N5O3P/c1-13-11-14(20(31)30-33-2)9-10-16(13)28-21-26-12-15(22(23,24)25)19(29-21)27-17-7-5-6-8-18(17)34(3,4)32/h5-12H,1-4H3,(H,30,31)(H2,26,27,28,29). The average Bonchev–Trinajstić information content (AvgIpc) is 2.74. The summed E-state index contributed by atoms with van der Waals surface area (Å²) in [6, 6.07) is 11.1. The number of hydrogen-bond acceptors (Lipinski definition) is 7. The van der Waals surface area contributed by atoms with Crippen LogP contribution < -0.4 is 21.4 Å². The Bertz CT molecular complexity index is 1260. The normalized spacial score (nSPS) is 11.7. The van der Waals surface area contributed by atoms with Crippen LogP contribution in [0.4, 0.5) is 36.3 Å². The van der Waals surface area contributed by atoms with Crippen molar-refractivity contribution < 1.29 is 27.4 Å². The van der Waals surface area contributed by atoms with E-state index in [4.69, 9.17) is 0 Å². The minimum Gasteiger partial charge on any atom is -0.339 e. The molecule has 0 unspecified atom stereocenters. The summed E-state index contributed by atoms with van der Waals surface area (Å²) in [6.45, 7) is 4.78. The molecule has 0 saturated carbocycles. The second-order valence-electron chi connectivity index (χ2n) is 7.74. The topological polar surface area (TPSA) is 105 Å². The second-order valence-corrected chi connectivity index (χ2v) is 10.9. The highest BCUT2D eigenvalue weighted by Gasteiger charge is 2.35. The predicted octanol–water partition coefficient (Wildman–Crippen LogP) is 4.83. The van der Waals surface area contributed by atoms with E-state index in [-0.39, 0.29) is 11.6 Å². The van der Waals surface area contributed by atoms with E-state index in [0.717, 1.165) is 0 Å². The van der Waals surface area contributed by atoms with Crippen molar-refractivity contribution in [3.05, 3.63) is 65.4 Å². The first-order valence-electron chi connectivity index (χ1n) is 9.97. The third-order valence-corrected chi connectivity index (χ3v) is 6.31. The summed E-state index contributed by atoms with van der Waals surface area (Å²) in [7, 11) is -1.47. The summed E-state index contributed by atoms with van der Waals surface area (Å²) in [5, 5.41) is 5.96. The van der Waals surface area contributed by atoms with Gasteiger partial charge in [-0.15, -0.1) is 0 Å². The Morgan fingerprint density at radius 2 is 1.76 bits per heavy atom. The van der Waals surface area contributed by atoms with Crippen molar-refractivity contribution in [1.29, 1.82) is 0 Å². The molecule has 2 aromatic carbocycles. The lowest BCUT2D eigenvalue weighted by Crippen LogP contribution is -2.21. The molecule has 0 saturated heterocycles. The molecule has 8 nitrogen and oxygen atoms in total. The fourth-order valence-electron chi connectivity index (χ4n) is 3.14. The molecule has 0 fully saturated rings. The number of carbonyl (C=O) groups excluding carboxylic acids is 1. The van der Waals surface area contributed by atoms with Crippen LogP contribution in [0.5, 0.6) is 0 Å². The first-order valence-corrected chi connectivity index (χ1v) is 12.6. The van der Waals surface area contributed by atoms with Crippen LogP contribution in [-0.2, 0) is 15.6 Å². The summed E-state index contributed by atoms with van der Waals surface area (Å²) in [4.78, 5) is 24.3. The number of alkyl halides is 3. The van der Waals surface area contributed by atoms with Crippen LogP contribution in [0.25, 0.3) is 0 Å². The van der Waals surface area contributed by atoms with Gasteiger partial charge in [-0.05, 0) is 56.1 Å². The van der Waals surface area contributed by atoms with Crippen molar-refractivity contribution in [2.75, 3.05) is 31.1 Å². The maximum atomic E-state index is 13.6. The number of rotatable bonds is 7. The van der Waals surface area contributed by atoms with Crippen LogP contribution in [0.3, 0.4) is 0 Å². The van der Waals surface area contributed by atoms with Gasteiger partial charge in [-0.2, -0.15) is 18.2 Å². The van der Waals surface area contributed by atoms with Gasteiger partial charge in [0.05, 0.1) is 12.8 Å². The number of aromatic nitrogens is 2. The number of benzene rings is 2. The molecule has 3 rings (SSSR count). The first kappa shape index (κ1) is 25.2. The molecule has 0 bridgehead atoms. The lowest BCUT2D eigenvalue weighted by molar-refractivity contribution is -0.137. The predicted molar refractivity (Wildman–Crippen MR) is 125 cm³/mol. The maximum Gasteiger partial charge on any atom is 0.421 e. The zero-order chi connectivity index (χ0) is 25.1. The Morgan fingerprint density at radius 3 is 2.38 bits per heavy atom. The van der Waals surface area contributed by atoms with Crippen molar-refractivity contribution in [2.24, 2.45) is 0 Å². The Kier molecular flexibility index (Phi) is 7.28. The monoisotopic (exact) mass is 493 g/mol. The SMILES string of the molecule is CONC(=O)c1ccc(Nc2ncc(C(F)(F)F)c(Nc3ccccc3P(C)(C)=O)n2)c(C)c1. The molecule has 1 aromatic heterocycles. The van der Waals surface area contributed by atoms with Gasteiger partial charge >= 0.3 is 6.18 Å². The van der Waals surface area contributed by atoms with Crippen molar-refractivity contribution in [3.63, 3.8) is 0 Å². The van der Waals surface area contributed by atoms with Crippen LogP contribution in [0.1, 0.15) is 21.5 Å². The fourth-order valence-corrected chi connectivity index (χ4v) is 4.29. The van der Waals surface area contributed by atoms with Crippen LogP contribution in [-0.4, -0.2) is 36.3 Å². The van der Waals surface area contributed by atoms with Gasteiger partial charge in [-0.1, -0.05) is 12.1 Å². The molecule has 1 amide bonds. The van der Waals surface area contributed by atoms with Gasteiger partial charge in [0.25, 0.3) is 5.91 Å². The molecule has 1 heterocycles. The zero-order valence-corrected chi connectivity index (χ0v) is 19.7. The maximum absolute atomic E-state index is 13.6. The van der Waals surface area contributed by atoms with Gasteiger partial charge in [0.1, 0.15) is 18.5 Å². The molecule has 34 heavy (non-hydrogen) atoms. The number of halogens is 3. The lowest BCUT2D eigenvalue weighted by atomic mass is 10.1. The van der Waals surface area contributed by atoms with Crippen molar-refractivity contribution in [2.45, 2.75) is 13.1 Å². The molecule has 3 N–H and O–H groups in total. The largest absolute Gasteiger partial charge is 0.421 e.